The van der Waals surface area contributed by atoms with E-state index in [2.05, 4.69) is 9.97 Å². The quantitative estimate of drug-likeness (QED) is 0.863. The first-order valence-corrected chi connectivity index (χ1v) is 5.44. The van der Waals surface area contributed by atoms with Crippen molar-refractivity contribution in [1.82, 2.24) is 9.97 Å². The fourth-order valence-corrected chi connectivity index (χ4v) is 1.79. The molecular formula is C11H13FN2O3. The molecule has 1 saturated carbocycles. The Kier molecular flexibility index (Phi) is 3.21. The van der Waals surface area contributed by atoms with Gasteiger partial charge in [-0.3, -0.25) is 4.79 Å². The summed E-state index contributed by atoms with van der Waals surface area (Å²) < 4.78 is 18.7. The van der Waals surface area contributed by atoms with Gasteiger partial charge in [0.2, 0.25) is 5.82 Å². The summed E-state index contributed by atoms with van der Waals surface area (Å²) in [5, 5.41) is 8.69. The zero-order valence-electron chi connectivity index (χ0n) is 9.44. The molecule has 17 heavy (non-hydrogen) atoms. The predicted molar refractivity (Wildman–Crippen MR) is 56.5 cm³/mol. The smallest absolute Gasteiger partial charge is 0.311 e. The molecule has 0 aromatic carbocycles. The van der Waals surface area contributed by atoms with E-state index in [0.717, 1.165) is 19.3 Å². The van der Waals surface area contributed by atoms with Crippen molar-refractivity contribution in [2.75, 3.05) is 7.11 Å². The number of hydrogen-bond donors (Lipinski definition) is 1. The summed E-state index contributed by atoms with van der Waals surface area (Å²) in [4.78, 5) is 18.3. The van der Waals surface area contributed by atoms with Crippen molar-refractivity contribution in [1.29, 1.82) is 0 Å². The monoisotopic (exact) mass is 240 g/mol. The lowest BCUT2D eigenvalue weighted by molar-refractivity contribution is -0.136. The van der Waals surface area contributed by atoms with Crippen molar-refractivity contribution >= 4 is 5.97 Å². The van der Waals surface area contributed by atoms with Crippen LogP contribution < -0.4 is 4.74 Å². The van der Waals surface area contributed by atoms with Crippen LogP contribution in [-0.4, -0.2) is 28.2 Å². The van der Waals surface area contributed by atoms with Crippen LogP contribution in [0.2, 0.25) is 0 Å². The van der Waals surface area contributed by atoms with Crippen LogP contribution in [0.3, 0.4) is 0 Å². The summed E-state index contributed by atoms with van der Waals surface area (Å²) in [6.07, 6.45) is 2.48. The van der Waals surface area contributed by atoms with Gasteiger partial charge in [-0.2, -0.15) is 9.37 Å². The molecule has 0 saturated heterocycles. The van der Waals surface area contributed by atoms with Gasteiger partial charge in [0.1, 0.15) is 12.2 Å². The summed E-state index contributed by atoms with van der Waals surface area (Å²) in [6.45, 7) is 0. The maximum atomic E-state index is 13.9. The molecule has 0 amide bonds. The van der Waals surface area contributed by atoms with Gasteiger partial charge in [-0.15, -0.1) is 0 Å². The number of aliphatic carboxylic acids is 1. The number of halogens is 1. The normalized spacial score (nSPS) is 15.4. The molecule has 1 fully saturated rings. The fraction of sp³-hybridized carbons (Fsp3) is 0.545. The van der Waals surface area contributed by atoms with Crippen molar-refractivity contribution in [3.05, 3.63) is 17.3 Å². The van der Waals surface area contributed by atoms with Crippen LogP contribution in [0, 0.1) is 5.82 Å². The number of carboxylic acid groups (broad SMARTS) is 1. The number of carboxylic acids is 1. The highest BCUT2D eigenvalue weighted by molar-refractivity contribution is 5.69. The second-order valence-electron chi connectivity index (χ2n) is 4.05. The summed E-state index contributed by atoms with van der Waals surface area (Å²) in [5.41, 5.74) is 0.291. The SMILES string of the molecule is COc1nc(CC(=O)O)nc(C2CCC2)c1F. The van der Waals surface area contributed by atoms with Gasteiger partial charge in [-0.25, -0.2) is 4.98 Å². The molecule has 1 aromatic rings. The van der Waals surface area contributed by atoms with Crippen LogP contribution in [0.5, 0.6) is 5.88 Å². The van der Waals surface area contributed by atoms with Crippen molar-refractivity contribution < 1.29 is 19.0 Å². The van der Waals surface area contributed by atoms with Crippen molar-refractivity contribution in [2.24, 2.45) is 0 Å². The Hall–Kier alpha value is -1.72. The van der Waals surface area contributed by atoms with Gasteiger partial charge in [0.25, 0.3) is 5.88 Å². The summed E-state index contributed by atoms with van der Waals surface area (Å²) in [5.74, 6) is -1.61. The molecule has 0 aliphatic heterocycles. The molecule has 0 unspecified atom stereocenters. The molecule has 0 radical (unpaired) electrons. The van der Waals surface area contributed by atoms with E-state index in [0.29, 0.717) is 5.69 Å². The van der Waals surface area contributed by atoms with Crippen LogP contribution in [0.1, 0.15) is 36.7 Å². The highest BCUT2D eigenvalue weighted by Gasteiger charge is 2.27. The molecule has 1 heterocycles. The summed E-state index contributed by atoms with van der Waals surface area (Å²) >= 11 is 0. The zero-order chi connectivity index (χ0) is 12.4. The van der Waals surface area contributed by atoms with Gasteiger partial charge in [0.15, 0.2) is 0 Å². The minimum absolute atomic E-state index is 0.0689. The maximum absolute atomic E-state index is 13.9. The number of hydrogen-bond acceptors (Lipinski definition) is 4. The second kappa shape index (κ2) is 4.65. The van der Waals surface area contributed by atoms with Gasteiger partial charge in [-0.1, -0.05) is 6.42 Å². The van der Waals surface area contributed by atoms with E-state index < -0.39 is 11.8 Å². The van der Waals surface area contributed by atoms with Crippen LogP contribution in [0.25, 0.3) is 0 Å². The molecule has 0 spiro atoms. The largest absolute Gasteiger partial charge is 0.481 e. The van der Waals surface area contributed by atoms with Crippen LogP contribution in [-0.2, 0) is 11.2 Å². The Morgan fingerprint density at radius 2 is 2.24 bits per heavy atom. The van der Waals surface area contributed by atoms with Gasteiger partial charge < -0.3 is 9.84 Å². The minimum atomic E-state index is -1.04. The first kappa shape index (κ1) is 11.8. The van der Waals surface area contributed by atoms with Crippen molar-refractivity contribution in [3.8, 4) is 5.88 Å². The highest BCUT2D eigenvalue weighted by Crippen LogP contribution is 2.38. The molecule has 1 aromatic heterocycles. The number of aromatic nitrogens is 2. The summed E-state index contributed by atoms with van der Waals surface area (Å²) in [6, 6.07) is 0. The van der Waals surface area contributed by atoms with E-state index in [1.807, 2.05) is 0 Å². The zero-order valence-corrected chi connectivity index (χ0v) is 9.44. The Morgan fingerprint density at radius 1 is 1.53 bits per heavy atom. The molecule has 1 aliphatic carbocycles. The molecule has 6 heteroatoms. The Bertz CT molecular complexity index is 447. The van der Waals surface area contributed by atoms with Crippen LogP contribution >= 0.6 is 0 Å². The molecule has 1 aliphatic rings. The lowest BCUT2D eigenvalue weighted by atomic mass is 9.82. The lowest BCUT2D eigenvalue weighted by Crippen LogP contribution is -2.17. The minimum Gasteiger partial charge on any atom is -0.481 e. The average molecular weight is 240 g/mol. The average Bonchev–Trinajstić information content (AvgIpc) is 2.19. The predicted octanol–water partition coefficient (Wildman–Crippen LogP) is 1.52. The second-order valence-corrected chi connectivity index (χ2v) is 4.05. The molecule has 5 nitrogen and oxygen atoms in total. The first-order chi connectivity index (χ1) is 8.11. The Morgan fingerprint density at radius 3 is 2.71 bits per heavy atom. The van der Waals surface area contributed by atoms with E-state index in [4.69, 9.17) is 9.84 Å². The number of methoxy groups -OCH3 is 1. The molecule has 2 rings (SSSR count). The Balaban J connectivity index is 2.37. The van der Waals surface area contributed by atoms with Crippen molar-refractivity contribution in [3.63, 3.8) is 0 Å². The third-order valence-electron chi connectivity index (χ3n) is 2.89. The van der Waals surface area contributed by atoms with E-state index in [1.165, 1.54) is 7.11 Å². The third-order valence-corrected chi connectivity index (χ3v) is 2.89. The molecule has 1 N–H and O–H groups in total. The van der Waals surface area contributed by atoms with Crippen LogP contribution in [0.15, 0.2) is 0 Å². The molecular weight excluding hydrogens is 227 g/mol. The topological polar surface area (TPSA) is 72.3 Å². The third kappa shape index (κ3) is 2.35. The van der Waals surface area contributed by atoms with Crippen LogP contribution in [0.4, 0.5) is 4.39 Å². The van der Waals surface area contributed by atoms with Gasteiger partial charge in [0.05, 0.1) is 12.8 Å². The molecule has 92 valence electrons. The van der Waals surface area contributed by atoms with Crippen molar-refractivity contribution in [2.45, 2.75) is 31.6 Å². The van der Waals surface area contributed by atoms with Gasteiger partial charge in [-0.05, 0) is 12.8 Å². The fourth-order valence-electron chi connectivity index (χ4n) is 1.79. The number of rotatable bonds is 4. The lowest BCUT2D eigenvalue weighted by Gasteiger charge is -2.25. The molecule has 0 bridgehead atoms. The number of ether oxygens (including phenoxy) is 1. The van der Waals surface area contributed by atoms with Gasteiger partial charge in [0, 0.05) is 5.92 Å². The maximum Gasteiger partial charge on any atom is 0.311 e. The van der Waals surface area contributed by atoms with E-state index in [-0.39, 0.29) is 24.0 Å². The Labute approximate surface area is 97.7 Å². The summed E-state index contributed by atoms with van der Waals surface area (Å²) in [7, 11) is 1.31. The number of carbonyl (C=O) groups is 1. The number of nitrogens with zero attached hydrogens (tertiary/aromatic N) is 2. The standard InChI is InChI=1S/C11H13FN2O3/c1-17-11-9(12)10(6-3-2-4-6)13-7(14-11)5-8(15)16/h6H,2-5H2,1H3,(H,15,16). The van der Waals surface area contributed by atoms with E-state index in [1.54, 1.807) is 0 Å². The molecule has 0 atom stereocenters. The van der Waals surface area contributed by atoms with E-state index in [9.17, 15) is 9.18 Å². The van der Waals surface area contributed by atoms with Gasteiger partial charge >= 0.3 is 5.97 Å². The first-order valence-electron chi connectivity index (χ1n) is 5.44. The highest BCUT2D eigenvalue weighted by atomic mass is 19.1. The van der Waals surface area contributed by atoms with E-state index >= 15 is 0 Å².